The average Bonchev–Trinajstić information content (AvgIpc) is 2.58. The van der Waals surface area contributed by atoms with Crippen LogP contribution in [0, 0.1) is 6.92 Å². The summed E-state index contributed by atoms with van der Waals surface area (Å²) in [5, 5.41) is 2.96. The van der Waals surface area contributed by atoms with Gasteiger partial charge in [0.05, 0.1) is 0 Å². The van der Waals surface area contributed by atoms with E-state index in [1.54, 1.807) is 4.90 Å². The lowest BCUT2D eigenvalue weighted by atomic mass is 10.00. The van der Waals surface area contributed by atoms with Crippen molar-refractivity contribution in [3.63, 3.8) is 0 Å². The smallest absolute Gasteiger partial charge is 0.247 e. The van der Waals surface area contributed by atoms with Crippen LogP contribution in [-0.2, 0) is 16.1 Å². The summed E-state index contributed by atoms with van der Waals surface area (Å²) in [6.45, 7) is 3.10. The number of halogens is 1. The van der Waals surface area contributed by atoms with E-state index < -0.39 is 6.04 Å². The summed E-state index contributed by atoms with van der Waals surface area (Å²) in [6.07, 6.45) is 0.512. The number of carbonyl (C=O) groups is 2. The highest BCUT2D eigenvalue weighted by atomic mass is 79.9. The normalized spacial score (nSPS) is 14.9. The monoisotopic (exact) mass is 386 g/mol. The largest absolute Gasteiger partial charge is 0.350 e. The minimum absolute atomic E-state index is 0.0217. The van der Waals surface area contributed by atoms with Gasteiger partial charge >= 0.3 is 0 Å². The summed E-state index contributed by atoms with van der Waals surface area (Å²) in [4.78, 5) is 26.2. The van der Waals surface area contributed by atoms with Gasteiger partial charge in [-0.05, 0) is 30.2 Å². The fourth-order valence-corrected chi connectivity index (χ4v) is 2.98. The van der Waals surface area contributed by atoms with Gasteiger partial charge in [-0.2, -0.15) is 0 Å². The maximum absolute atomic E-state index is 12.7. The number of carbonyl (C=O) groups excluding carboxylic acids is 2. The van der Waals surface area contributed by atoms with Crippen molar-refractivity contribution in [1.29, 1.82) is 0 Å². The molecule has 2 aromatic rings. The minimum Gasteiger partial charge on any atom is -0.350 e. The zero-order chi connectivity index (χ0) is 17.1. The van der Waals surface area contributed by atoms with E-state index >= 15 is 0 Å². The predicted octanol–water partition coefficient (Wildman–Crippen LogP) is 3.35. The molecule has 1 atom stereocenters. The molecule has 1 aliphatic rings. The Morgan fingerprint density at radius 2 is 1.83 bits per heavy atom. The second-order valence-corrected chi connectivity index (χ2v) is 6.91. The van der Waals surface area contributed by atoms with Crippen LogP contribution in [0.3, 0.4) is 0 Å². The molecule has 0 saturated carbocycles. The van der Waals surface area contributed by atoms with Crippen molar-refractivity contribution in [1.82, 2.24) is 10.2 Å². The Kier molecular flexibility index (Phi) is 5.00. The maximum Gasteiger partial charge on any atom is 0.247 e. The highest BCUT2D eigenvalue weighted by Crippen LogP contribution is 2.28. The van der Waals surface area contributed by atoms with Gasteiger partial charge in [0, 0.05) is 24.0 Å². The Labute approximate surface area is 150 Å². The van der Waals surface area contributed by atoms with Crippen molar-refractivity contribution in [2.45, 2.75) is 25.9 Å². The minimum atomic E-state index is -0.565. The molecule has 1 aliphatic heterocycles. The van der Waals surface area contributed by atoms with Gasteiger partial charge in [0.2, 0.25) is 11.8 Å². The number of nitrogens with one attached hydrogen (secondary N) is 1. The van der Waals surface area contributed by atoms with Crippen LogP contribution < -0.4 is 5.32 Å². The summed E-state index contributed by atoms with van der Waals surface area (Å²) in [5.74, 6) is -0.126. The summed E-state index contributed by atoms with van der Waals surface area (Å²) in [5.41, 5.74) is 3.05. The van der Waals surface area contributed by atoms with Gasteiger partial charge in [-0.1, -0.05) is 57.9 Å². The Bertz CT molecular complexity index is 741. The van der Waals surface area contributed by atoms with E-state index in [-0.39, 0.29) is 11.8 Å². The van der Waals surface area contributed by atoms with Gasteiger partial charge in [-0.3, -0.25) is 9.59 Å². The fourth-order valence-electron chi connectivity index (χ4n) is 2.71. The first-order valence-corrected chi connectivity index (χ1v) is 8.72. The molecule has 1 saturated heterocycles. The van der Waals surface area contributed by atoms with E-state index in [4.69, 9.17) is 0 Å². The number of β-lactam (4-membered cyclic amide) rings is 1. The van der Waals surface area contributed by atoms with Crippen LogP contribution in [0.4, 0.5) is 0 Å². The van der Waals surface area contributed by atoms with Crippen LogP contribution in [0.25, 0.3) is 0 Å². The number of nitrogens with zero attached hydrogens (tertiary/aromatic N) is 1. The second-order valence-electron chi connectivity index (χ2n) is 5.99. The second kappa shape index (κ2) is 7.18. The number of amides is 2. The van der Waals surface area contributed by atoms with Crippen LogP contribution in [0.5, 0.6) is 0 Å². The van der Waals surface area contributed by atoms with Gasteiger partial charge in [-0.25, -0.2) is 0 Å². The van der Waals surface area contributed by atoms with E-state index in [1.807, 2.05) is 55.5 Å². The molecule has 1 fully saturated rings. The zero-order valence-corrected chi connectivity index (χ0v) is 15.0. The standard InChI is InChI=1S/C19H19BrN2O2/c1-13-2-4-14(5-3-13)12-21-19(24)18(22-11-10-17(22)23)15-6-8-16(20)9-7-15/h2-9,18H,10-12H2,1H3,(H,21,24). The SMILES string of the molecule is Cc1ccc(CNC(=O)C(c2ccc(Br)cc2)N2CCC2=O)cc1. The Morgan fingerprint density at radius 1 is 1.17 bits per heavy atom. The molecule has 3 rings (SSSR count). The molecule has 24 heavy (non-hydrogen) atoms. The van der Waals surface area contributed by atoms with E-state index in [1.165, 1.54) is 5.56 Å². The summed E-state index contributed by atoms with van der Waals surface area (Å²) in [7, 11) is 0. The van der Waals surface area contributed by atoms with Gasteiger partial charge in [-0.15, -0.1) is 0 Å². The van der Waals surface area contributed by atoms with Crippen molar-refractivity contribution in [2.24, 2.45) is 0 Å². The molecule has 1 unspecified atom stereocenters. The number of hydrogen-bond donors (Lipinski definition) is 1. The van der Waals surface area contributed by atoms with E-state index in [9.17, 15) is 9.59 Å². The van der Waals surface area contributed by atoms with Gasteiger partial charge in [0.15, 0.2) is 0 Å². The highest BCUT2D eigenvalue weighted by Gasteiger charge is 2.36. The molecular weight excluding hydrogens is 368 g/mol. The molecule has 0 radical (unpaired) electrons. The van der Waals surface area contributed by atoms with Crippen LogP contribution in [-0.4, -0.2) is 23.3 Å². The van der Waals surface area contributed by atoms with Crippen molar-refractivity contribution in [2.75, 3.05) is 6.54 Å². The molecule has 2 aromatic carbocycles. The van der Waals surface area contributed by atoms with Crippen molar-refractivity contribution in [3.05, 3.63) is 69.7 Å². The van der Waals surface area contributed by atoms with Crippen LogP contribution in [0.2, 0.25) is 0 Å². The molecule has 4 nitrogen and oxygen atoms in total. The Morgan fingerprint density at radius 3 is 2.38 bits per heavy atom. The van der Waals surface area contributed by atoms with E-state index in [2.05, 4.69) is 21.2 Å². The maximum atomic E-state index is 12.7. The molecule has 0 bridgehead atoms. The predicted molar refractivity (Wildman–Crippen MR) is 96.2 cm³/mol. The summed E-state index contributed by atoms with van der Waals surface area (Å²) in [6, 6.07) is 15.0. The van der Waals surface area contributed by atoms with Crippen molar-refractivity contribution in [3.8, 4) is 0 Å². The Hall–Kier alpha value is -2.14. The lowest BCUT2D eigenvalue weighted by molar-refractivity contribution is -0.149. The first kappa shape index (κ1) is 16.7. The number of rotatable bonds is 5. The molecule has 0 aliphatic carbocycles. The van der Waals surface area contributed by atoms with Crippen molar-refractivity contribution < 1.29 is 9.59 Å². The molecular formula is C19H19BrN2O2. The molecule has 5 heteroatoms. The quantitative estimate of drug-likeness (QED) is 0.800. The molecule has 1 heterocycles. The average molecular weight is 387 g/mol. The number of hydrogen-bond acceptors (Lipinski definition) is 2. The third kappa shape index (κ3) is 3.67. The molecule has 124 valence electrons. The van der Waals surface area contributed by atoms with Crippen LogP contribution >= 0.6 is 15.9 Å². The third-order valence-corrected chi connectivity index (χ3v) is 4.75. The molecule has 1 N–H and O–H groups in total. The topological polar surface area (TPSA) is 49.4 Å². The lowest BCUT2D eigenvalue weighted by Crippen LogP contribution is -2.50. The number of aryl methyl sites for hydroxylation is 1. The number of likely N-dealkylation sites (tertiary alicyclic amines) is 1. The summed E-state index contributed by atoms with van der Waals surface area (Å²) >= 11 is 3.40. The molecule has 0 spiro atoms. The van der Waals surface area contributed by atoms with Crippen molar-refractivity contribution >= 4 is 27.7 Å². The number of benzene rings is 2. The molecule has 0 aromatic heterocycles. The van der Waals surface area contributed by atoms with E-state index in [0.29, 0.717) is 19.5 Å². The van der Waals surface area contributed by atoms with Gasteiger partial charge in [0.1, 0.15) is 6.04 Å². The summed E-state index contributed by atoms with van der Waals surface area (Å²) < 4.78 is 0.944. The fraction of sp³-hybridized carbons (Fsp3) is 0.263. The van der Waals surface area contributed by atoms with Gasteiger partial charge in [0.25, 0.3) is 0 Å². The first-order chi connectivity index (χ1) is 11.5. The van der Waals surface area contributed by atoms with Crippen LogP contribution in [0.15, 0.2) is 53.0 Å². The Balaban J connectivity index is 1.74. The zero-order valence-electron chi connectivity index (χ0n) is 13.5. The molecule has 2 amide bonds. The first-order valence-electron chi connectivity index (χ1n) is 7.93. The lowest BCUT2D eigenvalue weighted by Gasteiger charge is -2.37. The van der Waals surface area contributed by atoms with Crippen LogP contribution in [0.1, 0.15) is 29.2 Å². The van der Waals surface area contributed by atoms with Gasteiger partial charge < -0.3 is 10.2 Å². The van der Waals surface area contributed by atoms with E-state index in [0.717, 1.165) is 15.6 Å². The third-order valence-electron chi connectivity index (χ3n) is 4.22. The highest BCUT2D eigenvalue weighted by molar-refractivity contribution is 9.10.